The summed E-state index contributed by atoms with van der Waals surface area (Å²) >= 11 is 1.84. The van der Waals surface area contributed by atoms with Crippen molar-refractivity contribution < 1.29 is 9.18 Å². The van der Waals surface area contributed by atoms with Crippen molar-refractivity contribution in [3.8, 4) is 11.4 Å². The van der Waals surface area contributed by atoms with Crippen LogP contribution in [0.15, 0.2) is 29.1 Å². The van der Waals surface area contributed by atoms with Gasteiger partial charge in [-0.25, -0.2) is 4.39 Å². The summed E-state index contributed by atoms with van der Waals surface area (Å²) in [6.45, 7) is 1.51. The molecule has 0 aliphatic carbocycles. The number of aryl methyl sites for hydroxylation is 1. The van der Waals surface area contributed by atoms with E-state index in [0.717, 1.165) is 24.6 Å². The van der Waals surface area contributed by atoms with Gasteiger partial charge in [0, 0.05) is 43.0 Å². The van der Waals surface area contributed by atoms with Gasteiger partial charge in [-0.05, 0) is 12.1 Å². The molecule has 1 N–H and O–H groups in total. The molecule has 2 heterocycles. The van der Waals surface area contributed by atoms with Gasteiger partial charge in [-0.3, -0.25) is 9.59 Å². The lowest BCUT2D eigenvalue weighted by atomic mass is 10.2. The second kappa shape index (κ2) is 7.57. The number of aromatic amines is 1. The van der Waals surface area contributed by atoms with Crippen LogP contribution in [-0.2, 0) is 11.2 Å². The number of hydrogen-bond donors (Lipinski definition) is 1. The van der Waals surface area contributed by atoms with Crippen molar-refractivity contribution >= 4 is 17.7 Å². The second-order valence-corrected chi connectivity index (χ2v) is 6.68. The third-order valence-electron chi connectivity index (χ3n) is 3.80. The minimum Gasteiger partial charge on any atom is -0.341 e. The van der Waals surface area contributed by atoms with Crippen LogP contribution in [0.3, 0.4) is 0 Å². The number of nitrogens with one attached hydrogen (secondary N) is 1. The van der Waals surface area contributed by atoms with Crippen molar-refractivity contribution in [2.24, 2.45) is 0 Å². The molecule has 0 unspecified atom stereocenters. The Kier molecular flexibility index (Phi) is 5.24. The van der Waals surface area contributed by atoms with Crippen LogP contribution in [0.1, 0.15) is 12.1 Å². The van der Waals surface area contributed by atoms with Crippen LogP contribution in [0.2, 0.25) is 0 Å². The molecular formula is C16H17FN4O2S. The number of aromatic nitrogens is 3. The second-order valence-electron chi connectivity index (χ2n) is 5.45. The molecule has 1 aromatic heterocycles. The minimum absolute atomic E-state index is 0.0331. The summed E-state index contributed by atoms with van der Waals surface area (Å²) in [5, 5.41) is 7.85. The monoisotopic (exact) mass is 348 g/mol. The lowest BCUT2D eigenvalue weighted by Gasteiger charge is -2.26. The number of carbonyl (C=O) groups is 1. The van der Waals surface area contributed by atoms with Crippen LogP contribution in [-0.4, -0.2) is 50.6 Å². The van der Waals surface area contributed by atoms with Crippen LogP contribution in [0.25, 0.3) is 11.4 Å². The molecule has 6 nitrogen and oxygen atoms in total. The highest BCUT2D eigenvalue weighted by Crippen LogP contribution is 2.14. The molecule has 0 radical (unpaired) electrons. The summed E-state index contributed by atoms with van der Waals surface area (Å²) in [4.78, 5) is 28.6. The highest BCUT2D eigenvalue weighted by Gasteiger charge is 2.17. The van der Waals surface area contributed by atoms with Gasteiger partial charge in [0.1, 0.15) is 11.5 Å². The quantitative estimate of drug-likeness (QED) is 0.905. The zero-order valence-corrected chi connectivity index (χ0v) is 13.8. The van der Waals surface area contributed by atoms with Gasteiger partial charge in [0.25, 0.3) is 5.56 Å². The van der Waals surface area contributed by atoms with Crippen molar-refractivity contribution in [1.82, 2.24) is 20.1 Å². The minimum atomic E-state index is -0.412. The number of H-pyrrole nitrogens is 1. The van der Waals surface area contributed by atoms with Gasteiger partial charge in [0.2, 0.25) is 5.91 Å². The van der Waals surface area contributed by atoms with Gasteiger partial charge in [-0.15, -0.1) is 10.2 Å². The molecule has 24 heavy (non-hydrogen) atoms. The molecule has 1 aliphatic rings. The lowest BCUT2D eigenvalue weighted by molar-refractivity contribution is -0.130. The van der Waals surface area contributed by atoms with Crippen molar-refractivity contribution in [3.63, 3.8) is 0 Å². The van der Waals surface area contributed by atoms with Gasteiger partial charge in [0.15, 0.2) is 5.82 Å². The summed E-state index contributed by atoms with van der Waals surface area (Å²) in [5.74, 6) is 1.74. The highest BCUT2D eigenvalue weighted by atomic mass is 32.2. The molecule has 1 aromatic carbocycles. The van der Waals surface area contributed by atoms with E-state index in [-0.39, 0.29) is 30.3 Å². The fourth-order valence-electron chi connectivity index (χ4n) is 2.49. The Morgan fingerprint density at radius 2 is 2.08 bits per heavy atom. The van der Waals surface area contributed by atoms with Crippen LogP contribution < -0.4 is 5.56 Å². The molecule has 126 valence electrons. The summed E-state index contributed by atoms with van der Waals surface area (Å²) in [7, 11) is 0. The van der Waals surface area contributed by atoms with Crippen LogP contribution in [0, 0.1) is 5.82 Å². The number of hydrogen-bond acceptors (Lipinski definition) is 5. The van der Waals surface area contributed by atoms with Crippen molar-refractivity contribution in [1.29, 1.82) is 0 Å². The standard InChI is InChI=1S/C16H17FN4O2S/c17-12-3-1-2-11(10-12)15-18-16(23)13(19-20-15)4-5-14(22)21-6-8-24-9-7-21/h1-3,10H,4-9H2,(H,18,20,23). The molecule has 8 heteroatoms. The molecule has 1 saturated heterocycles. The van der Waals surface area contributed by atoms with Gasteiger partial charge in [-0.1, -0.05) is 12.1 Å². The molecule has 2 aromatic rings. The molecule has 0 saturated carbocycles. The van der Waals surface area contributed by atoms with E-state index in [4.69, 9.17) is 0 Å². The molecule has 0 bridgehead atoms. The topological polar surface area (TPSA) is 79.0 Å². The number of amides is 1. The summed E-state index contributed by atoms with van der Waals surface area (Å²) in [6.07, 6.45) is 0.482. The number of thioether (sulfide) groups is 1. The molecule has 0 atom stereocenters. The average Bonchev–Trinajstić information content (AvgIpc) is 2.61. The van der Waals surface area contributed by atoms with Crippen LogP contribution in [0.4, 0.5) is 4.39 Å². The molecule has 1 fully saturated rings. The maximum Gasteiger partial charge on any atom is 0.273 e. The Labute approximate surface area is 142 Å². The molecule has 0 spiro atoms. The van der Waals surface area contributed by atoms with E-state index < -0.39 is 11.4 Å². The first-order valence-electron chi connectivity index (χ1n) is 7.71. The number of rotatable bonds is 4. The zero-order valence-electron chi connectivity index (χ0n) is 13.0. The number of halogens is 1. The fourth-order valence-corrected chi connectivity index (χ4v) is 3.39. The average molecular weight is 348 g/mol. The maximum absolute atomic E-state index is 13.2. The van der Waals surface area contributed by atoms with Gasteiger partial charge < -0.3 is 9.88 Å². The first-order chi connectivity index (χ1) is 11.6. The van der Waals surface area contributed by atoms with E-state index >= 15 is 0 Å². The molecular weight excluding hydrogens is 331 g/mol. The van der Waals surface area contributed by atoms with Crippen LogP contribution >= 0.6 is 11.8 Å². The summed E-state index contributed by atoms with van der Waals surface area (Å²) < 4.78 is 13.2. The number of carbonyl (C=O) groups excluding carboxylic acids is 1. The maximum atomic E-state index is 13.2. The SMILES string of the molecule is O=C(CCc1nnc(-c2cccc(F)c2)[nH]c1=O)N1CCSCC1. The molecule has 3 rings (SSSR count). The lowest BCUT2D eigenvalue weighted by Crippen LogP contribution is -2.38. The molecule has 1 aliphatic heterocycles. The van der Waals surface area contributed by atoms with Gasteiger partial charge in [0.05, 0.1) is 0 Å². The first-order valence-corrected chi connectivity index (χ1v) is 8.86. The predicted molar refractivity (Wildman–Crippen MR) is 90.3 cm³/mol. The largest absolute Gasteiger partial charge is 0.341 e. The smallest absolute Gasteiger partial charge is 0.273 e. The number of nitrogens with zero attached hydrogens (tertiary/aromatic N) is 3. The van der Waals surface area contributed by atoms with E-state index in [1.807, 2.05) is 16.7 Å². The Hall–Kier alpha value is -2.22. The third kappa shape index (κ3) is 4.00. The van der Waals surface area contributed by atoms with Gasteiger partial charge in [-0.2, -0.15) is 11.8 Å². The van der Waals surface area contributed by atoms with Gasteiger partial charge >= 0.3 is 0 Å². The highest BCUT2D eigenvalue weighted by molar-refractivity contribution is 7.99. The van der Waals surface area contributed by atoms with E-state index in [2.05, 4.69) is 15.2 Å². The molecule has 1 amide bonds. The van der Waals surface area contributed by atoms with E-state index in [1.165, 1.54) is 18.2 Å². The van der Waals surface area contributed by atoms with Crippen LogP contribution in [0.5, 0.6) is 0 Å². The predicted octanol–water partition coefficient (Wildman–Crippen LogP) is 1.48. The van der Waals surface area contributed by atoms with E-state index in [9.17, 15) is 14.0 Å². The summed E-state index contributed by atoms with van der Waals surface area (Å²) in [6, 6.07) is 5.76. The summed E-state index contributed by atoms with van der Waals surface area (Å²) in [5.41, 5.74) is 0.272. The Balaban J connectivity index is 1.67. The Morgan fingerprint density at radius 3 is 2.79 bits per heavy atom. The first kappa shape index (κ1) is 16.6. The van der Waals surface area contributed by atoms with E-state index in [0.29, 0.717) is 5.56 Å². The number of benzene rings is 1. The third-order valence-corrected chi connectivity index (χ3v) is 4.74. The zero-order chi connectivity index (χ0) is 16.9. The fraction of sp³-hybridized carbons (Fsp3) is 0.375. The van der Waals surface area contributed by atoms with E-state index in [1.54, 1.807) is 6.07 Å². The Morgan fingerprint density at radius 1 is 1.29 bits per heavy atom. The Bertz CT molecular complexity index is 790. The van der Waals surface area contributed by atoms with Crippen molar-refractivity contribution in [3.05, 3.63) is 46.1 Å². The van der Waals surface area contributed by atoms with Crippen molar-refractivity contribution in [2.45, 2.75) is 12.8 Å². The van der Waals surface area contributed by atoms with Crippen molar-refractivity contribution in [2.75, 3.05) is 24.6 Å². The normalized spacial score (nSPS) is 14.6.